The van der Waals surface area contributed by atoms with Gasteiger partial charge in [0.05, 0.1) is 33.0 Å². The fraction of sp³-hybridized carbons (Fsp3) is 0.571. The lowest BCUT2D eigenvalue weighted by Crippen LogP contribution is -2.09. The van der Waals surface area contributed by atoms with Crippen molar-refractivity contribution < 1.29 is 14.2 Å². The zero-order valence-corrected chi connectivity index (χ0v) is 12.5. The van der Waals surface area contributed by atoms with E-state index in [0.717, 1.165) is 16.3 Å². The lowest BCUT2D eigenvalue weighted by atomic mass is 10.2. The summed E-state index contributed by atoms with van der Waals surface area (Å²) < 4.78 is 15.7. The first-order valence-electron chi connectivity index (χ1n) is 6.37. The summed E-state index contributed by atoms with van der Waals surface area (Å²) in [5.74, 6) is 0.895. The van der Waals surface area contributed by atoms with Crippen LogP contribution in [0.25, 0.3) is 0 Å². The van der Waals surface area contributed by atoms with Crippen molar-refractivity contribution in [1.82, 2.24) is 0 Å². The summed E-state index contributed by atoms with van der Waals surface area (Å²) >= 11 is 1.72. The van der Waals surface area contributed by atoms with Crippen molar-refractivity contribution in [1.29, 1.82) is 0 Å². The molecular weight excluding hydrogens is 262 g/mol. The summed E-state index contributed by atoms with van der Waals surface area (Å²) in [4.78, 5) is 1.12. The minimum Gasteiger partial charge on any atom is -0.398 e. The molecule has 1 aromatic carbocycles. The molecule has 0 aromatic heterocycles. The van der Waals surface area contributed by atoms with E-state index in [-0.39, 0.29) is 0 Å². The normalized spacial score (nSPS) is 10.8. The molecule has 0 atom stereocenters. The largest absolute Gasteiger partial charge is 0.398 e. The van der Waals surface area contributed by atoms with Gasteiger partial charge in [0.2, 0.25) is 0 Å². The minimum absolute atomic E-state index is 0.612. The summed E-state index contributed by atoms with van der Waals surface area (Å²) in [6, 6.07) is 6.07. The quantitative estimate of drug-likeness (QED) is 0.406. The van der Waals surface area contributed by atoms with Gasteiger partial charge in [0, 0.05) is 23.4 Å². The zero-order valence-electron chi connectivity index (χ0n) is 11.7. The monoisotopic (exact) mass is 285 g/mol. The number of aryl methyl sites for hydroxylation is 1. The summed E-state index contributed by atoms with van der Waals surface area (Å²) in [5.41, 5.74) is 7.96. The van der Waals surface area contributed by atoms with E-state index in [1.54, 1.807) is 18.9 Å². The molecule has 0 bridgehead atoms. The van der Waals surface area contributed by atoms with E-state index in [0.29, 0.717) is 33.0 Å². The molecule has 0 amide bonds. The number of nitrogens with two attached hydrogens (primary N) is 1. The van der Waals surface area contributed by atoms with Gasteiger partial charge in [-0.15, -0.1) is 11.8 Å². The lowest BCUT2D eigenvalue weighted by molar-refractivity contribution is 0.0286. The van der Waals surface area contributed by atoms with Crippen molar-refractivity contribution >= 4 is 17.4 Å². The first kappa shape index (κ1) is 16.3. The minimum atomic E-state index is 0.612. The first-order chi connectivity index (χ1) is 9.24. The average molecular weight is 285 g/mol. The second kappa shape index (κ2) is 10.1. The van der Waals surface area contributed by atoms with Gasteiger partial charge in [-0.25, -0.2) is 0 Å². The van der Waals surface area contributed by atoms with Gasteiger partial charge in [-0.1, -0.05) is 6.07 Å². The maximum Gasteiger partial charge on any atom is 0.0701 e. The fourth-order valence-corrected chi connectivity index (χ4v) is 2.37. The van der Waals surface area contributed by atoms with Crippen LogP contribution in [0.3, 0.4) is 0 Å². The molecule has 0 aliphatic heterocycles. The van der Waals surface area contributed by atoms with Gasteiger partial charge in [0.1, 0.15) is 0 Å². The second-order valence-corrected chi connectivity index (χ2v) is 5.24. The van der Waals surface area contributed by atoms with Crippen LogP contribution in [0.4, 0.5) is 5.69 Å². The number of methoxy groups -OCH3 is 1. The SMILES string of the molecule is COCCOCCOCCSc1cc(C)ccc1N. The third-order valence-electron chi connectivity index (χ3n) is 2.46. The highest BCUT2D eigenvalue weighted by molar-refractivity contribution is 7.99. The van der Waals surface area contributed by atoms with E-state index in [2.05, 4.69) is 13.0 Å². The van der Waals surface area contributed by atoms with Gasteiger partial charge in [-0.3, -0.25) is 0 Å². The van der Waals surface area contributed by atoms with Crippen LogP contribution in [-0.2, 0) is 14.2 Å². The number of rotatable bonds is 10. The summed E-state index contributed by atoms with van der Waals surface area (Å²) in [7, 11) is 1.66. The molecular formula is C14H23NO3S. The number of benzene rings is 1. The smallest absolute Gasteiger partial charge is 0.0701 e. The standard InChI is InChI=1S/C14H23NO3S/c1-12-3-4-13(15)14(11-12)19-10-9-18-8-7-17-6-5-16-2/h3-4,11H,5-10,15H2,1-2H3. The number of nitrogen functional groups attached to an aromatic ring is 1. The van der Waals surface area contributed by atoms with Crippen LogP contribution in [0.15, 0.2) is 23.1 Å². The third-order valence-corrected chi connectivity index (χ3v) is 3.49. The van der Waals surface area contributed by atoms with E-state index in [4.69, 9.17) is 19.9 Å². The molecule has 0 spiro atoms. The van der Waals surface area contributed by atoms with Crippen LogP contribution in [0, 0.1) is 6.92 Å². The highest BCUT2D eigenvalue weighted by Gasteiger charge is 2.00. The Morgan fingerprint density at radius 2 is 1.74 bits per heavy atom. The zero-order chi connectivity index (χ0) is 13.9. The Hall–Kier alpha value is -0.750. The maximum absolute atomic E-state index is 5.90. The van der Waals surface area contributed by atoms with Gasteiger partial charge in [0.25, 0.3) is 0 Å². The number of thioether (sulfide) groups is 1. The van der Waals surface area contributed by atoms with E-state index >= 15 is 0 Å². The second-order valence-electron chi connectivity index (χ2n) is 4.11. The van der Waals surface area contributed by atoms with Crippen molar-refractivity contribution in [3.05, 3.63) is 23.8 Å². The molecule has 0 aliphatic carbocycles. The van der Waals surface area contributed by atoms with Crippen LogP contribution in [0.1, 0.15) is 5.56 Å². The topological polar surface area (TPSA) is 53.7 Å². The number of anilines is 1. The van der Waals surface area contributed by atoms with Crippen molar-refractivity contribution in [3.8, 4) is 0 Å². The van der Waals surface area contributed by atoms with Gasteiger partial charge in [0.15, 0.2) is 0 Å². The van der Waals surface area contributed by atoms with Crippen molar-refractivity contribution in [2.24, 2.45) is 0 Å². The van der Waals surface area contributed by atoms with E-state index < -0.39 is 0 Å². The predicted octanol–water partition coefficient (Wildman–Crippen LogP) is 2.35. The molecule has 0 saturated heterocycles. The number of hydrogen-bond donors (Lipinski definition) is 1. The van der Waals surface area contributed by atoms with Crippen LogP contribution >= 0.6 is 11.8 Å². The van der Waals surface area contributed by atoms with Gasteiger partial charge >= 0.3 is 0 Å². The Morgan fingerprint density at radius 3 is 2.47 bits per heavy atom. The molecule has 0 aliphatic rings. The van der Waals surface area contributed by atoms with Crippen LogP contribution in [0.2, 0.25) is 0 Å². The highest BCUT2D eigenvalue weighted by Crippen LogP contribution is 2.25. The summed E-state index contributed by atoms with van der Waals surface area (Å²) in [6.07, 6.45) is 0. The van der Waals surface area contributed by atoms with E-state index in [9.17, 15) is 0 Å². The third kappa shape index (κ3) is 7.42. The molecule has 0 heterocycles. The molecule has 1 rings (SSSR count). The fourth-order valence-electron chi connectivity index (χ4n) is 1.44. The number of hydrogen-bond acceptors (Lipinski definition) is 5. The van der Waals surface area contributed by atoms with Crippen molar-refractivity contribution in [2.75, 3.05) is 51.6 Å². The van der Waals surface area contributed by atoms with Crippen LogP contribution < -0.4 is 5.73 Å². The van der Waals surface area contributed by atoms with Crippen LogP contribution in [-0.4, -0.2) is 45.9 Å². The summed E-state index contributed by atoms with van der Waals surface area (Å²) in [5, 5.41) is 0. The molecule has 1 aromatic rings. The highest BCUT2D eigenvalue weighted by atomic mass is 32.2. The van der Waals surface area contributed by atoms with E-state index in [1.807, 2.05) is 12.1 Å². The van der Waals surface area contributed by atoms with E-state index in [1.165, 1.54) is 5.56 Å². The molecule has 0 saturated carbocycles. The van der Waals surface area contributed by atoms with Gasteiger partial charge < -0.3 is 19.9 Å². The lowest BCUT2D eigenvalue weighted by Gasteiger charge is -2.07. The van der Waals surface area contributed by atoms with Gasteiger partial charge in [-0.05, 0) is 24.6 Å². The summed E-state index contributed by atoms with van der Waals surface area (Å²) in [6.45, 7) is 5.24. The first-order valence-corrected chi connectivity index (χ1v) is 7.36. The number of ether oxygens (including phenoxy) is 3. The van der Waals surface area contributed by atoms with Crippen LogP contribution in [0.5, 0.6) is 0 Å². The molecule has 0 radical (unpaired) electrons. The Kier molecular flexibility index (Phi) is 8.66. The maximum atomic E-state index is 5.90. The Balaban J connectivity index is 2.03. The molecule has 108 valence electrons. The Labute approximate surface area is 119 Å². The van der Waals surface area contributed by atoms with Crippen molar-refractivity contribution in [3.63, 3.8) is 0 Å². The van der Waals surface area contributed by atoms with Gasteiger partial charge in [-0.2, -0.15) is 0 Å². The molecule has 5 heteroatoms. The molecule has 0 fully saturated rings. The molecule has 2 N–H and O–H groups in total. The average Bonchev–Trinajstić information content (AvgIpc) is 2.40. The Morgan fingerprint density at radius 1 is 1.05 bits per heavy atom. The van der Waals surface area contributed by atoms with Crippen molar-refractivity contribution in [2.45, 2.75) is 11.8 Å². The molecule has 19 heavy (non-hydrogen) atoms. The predicted molar refractivity (Wildman–Crippen MR) is 79.8 cm³/mol. The Bertz CT molecular complexity index is 361. The molecule has 0 unspecified atom stereocenters. The molecule has 4 nitrogen and oxygen atoms in total.